The predicted octanol–water partition coefficient (Wildman–Crippen LogP) is 0.200. The third-order valence-corrected chi connectivity index (χ3v) is 2.85. The van der Waals surface area contributed by atoms with Crippen molar-refractivity contribution in [2.24, 2.45) is 0 Å². The minimum atomic E-state index is -0.176. The molecule has 3 aromatic heterocycles. The zero-order valence-electron chi connectivity index (χ0n) is 9.38. The molecule has 7 N–H and O–H groups in total. The lowest BCUT2D eigenvalue weighted by atomic mass is 9.91. The summed E-state index contributed by atoms with van der Waals surface area (Å²) in [6.45, 7) is 0. The first-order valence-corrected chi connectivity index (χ1v) is 5.34. The SMILES string of the molecule is Nc1[nH]ncc1C(c1ccn[nH]1)c1cn[nH]c1N. The molecule has 0 aliphatic heterocycles. The van der Waals surface area contributed by atoms with Crippen molar-refractivity contribution >= 4 is 11.6 Å². The summed E-state index contributed by atoms with van der Waals surface area (Å²) in [4.78, 5) is 0. The van der Waals surface area contributed by atoms with Crippen LogP contribution in [0.4, 0.5) is 11.6 Å². The molecule has 0 spiro atoms. The highest BCUT2D eigenvalue weighted by atomic mass is 15.2. The smallest absolute Gasteiger partial charge is 0.123 e. The lowest BCUT2D eigenvalue weighted by Crippen LogP contribution is -2.07. The molecule has 92 valence electrons. The largest absolute Gasteiger partial charge is 0.384 e. The maximum absolute atomic E-state index is 5.88. The maximum atomic E-state index is 5.88. The fourth-order valence-electron chi connectivity index (χ4n) is 2.00. The van der Waals surface area contributed by atoms with Gasteiger partial charge < -0.3 is 11.5 Å². The molecule has 0 amide bonds. The Hall–Kier alpha value is -2.77. The predicted molar refractivity (Wildman–Crippen MR) is 65.5 cm³/mol. The molecule has 0 aliphatic rings. The number of hydrogen-bond acceptors (Lipinski definition) is 5. The van der Waals surface area contributed by atoms with E-state index in [4.69, 9.17) is 11.5 Å². The summed E-state index contributed by atoms with van der Waals surface area (Å²) in [5.41, 5.74) is 14.3. The molecule has 0 unspecified atom stereocenters. The molecular formula is C10H12N8. The van der Waals surface area contributed by atoms with Gasteiger partial charge in [0.15, 0.2) is 0 Å². The van der Waals surface area contributed by atoms with E-state index in [0.29, 0.717) is 11.6 Å². The maximum Gasteiger partial charge on any atom is 0.123 e. The van der Waals surface area contributed by atoms with Gasteiger partial charge in [0.1, 0.15) is 11.6 Å². The number of nitrogens with one attached hydrogen (secondary N) is 3. The van der Waals surface area contributed by atoms with Crippen LogP contribution in [-0.4, -0.2) is 30.6 Å². The van der Waals surface area contributed by atoms with Crippen molar-refractivity contribution < 1.29 is 0 Å². The zero-order chi connectivity index (χ0) is 12.5. The van der Waals surface area contributed by atoms with Gasteiger partial charge in [0.05, 0.1) is 18.3 Å². The van der Waals surface area contributed by atoms with Crippen LogP contribution in [0.5, 0.6) is 0 Å². The summed E-state index contributed by atoms with van der Waals surface area (Å²) in [7, 11) is 0. The average Bonchev–Trinajstić information content (AvgIpc) is 3.05. The molecule has 8 heteroatoms. The van der Waals surface area contributed by atoms with Gasteiger partial charge in [-0.15, -0.1) is 0 Å². The summed E-state index contributed by atoms with van der Waals surface area (Å²) < 4.78 is 0. The summed E-state index contributed by atoms with van der Waals surface area (Å²) in [6.07, 6.45) is 5.02. The second kappa shape index (κ2) is 3.91. The molecule has 0 bridgehead atoms. The van der Waals surface area contributed by atoms with Crippen LogP contribution in [0, 0.1) is 0 Å². The Labute approximate surface area is 102 Å². The minimum Gasteiger partial charge on any atom is -0.384 e. The lowest BCUT2D eigenvalue weighted by molar-refractivity contribution is 0.899. The standard InChI is InChI=1S/C10H12N8/c11-9-5(3-14-17-9)8(7-1-2-13-16-7)6-4-15-18-10(6)12/h1-4,8H,(H,13,16)(H3,11,14,17)(H3,12,15,18). The Balaban J connectivity index is 2.17. The van der Waals surface area contributed by atoms with Crippen molar-refractivity contribution in [2.75, 3.05) is 11.5 Å². The zero-order valence-corrected chi connectivity index (χ0v) is 9.38. The Bertz CT molecular complexity index is 594. The number of hydrogen-bond donors (Lipinski definition) is 5. The Morgan fingerprint density at radius 2 is 1.50 bits per heavy atom. The molecule has 8 nitrogen and oxygen atoms in total. The monoisotopic (exact) mass is 244 g/mol. The number of anilines is 2. The van der Waals surface area contributed by atoms with E-state index < -0.39 is 0 Å². The van der Waals surface area contributed by atoms with Gasteiger partial charge in [-0.05, 0) is 6.07 Å². The Morgan fingerprint density at radius 3 is 1.89 bits per heavy atom. The van der Waals surface area contributed by atoms with Gasteiger partial charge in [0.25, 0.3) is 0 Å². The molecule has 0 atom stereocenters. The van der Waals surface area contributed by atoms with Crippen LogP contribution < -0.4 is 11.5 Å². The van der Waals surface area contributed by atoms with E-state index in [0.717, 1.165) is 16.8 Å². The van der Waals surface area contributed by atoms with E-state index in [1.165, 1.54) is 0 Å². The first kappa shape index (κ1) is 10.4. The average molecular weight is 244 g/mol. The number of aromatic amines is 3. The quantitative estimate of drug-likeness (QED) is 0.448. The molecule has 3 rings (SSSR count). The number of rotatable bonds is 3. The van der Waals surface area contributed by atoms with Gasteiger partial charge in [0.2, 0.25) is 0 Å². The van der Waals surface area contributed by atoms with Crippen LogP contribution in [0.2, 0.25) is 0 Å². The van der Waals surface area contributed by atoms with Gasteiger partial charge in [-0.2, -0.15) is 15.3 Å². The van der Waals surface area contributed by atoms with Crippen molar-refractivity contribution in [2.45, 2.75) is 5.92 Å². The third-order valence-electron chi connectivity index (χ3n) is 2.85. The van der Waals surface area contributed by atoms with Crippen LogP contribution in [0.25, 0.3) is 0 Å². The minimum absolute atomic E-state index is 0.176. The topological polar surface area (TPSA) is 138 Å². The molecule has 3 heterocycles. The second-order valence-corrected chi connectivity index (χ2v) is 3.92. The third kappa shape index (κ3) is 1.51. The number of nitrogens with two attached hydrogens (primary N) is 2. The molecule has 0 saturated heterocycles. The number of H-pyrrole nitrogens is 3. The van der Waals surface area contributed by atoms with Crippen LogP contribution in [-0.2, 0) is 0 Å². The fourth-order valence-corrected chi connectivity index (χ4v) is 2.00. The number of aromatic nitrogens is 6. The molecule has 0 aromatic carbocycles. The van der Waals surface area contributed by atoms with Gasteiger partial charge in [0, 0.05) is 23.0 Å². The van der Waals surface area contributed by atoms with Gasteiger partial charge in [-0.1, -0.05) is 0 Å². The normalized spacial score (nSPS) is 11.2. The Kier molecular flexibility index (Phi) is 2.26. The summed E-state index contributed by atoms with van der Waals surface area (Å²) in [6, 6.07) is 1.86. The molecule has 18 heavy (non-hydrogen) atoms. The van der Waals surface area contributed by atoms with Gasteiger partial charge >= 0.3 is 0 Å². The number of nitrogen functional groups attached to an aromatic ring is 2. The molecule has 3 aromatic rings. The molecule has 0 radical (unpaired) electrons. The first-order chi connectivity index (χ1) is 8.77. The van der Waals surface area contributed by atoms with Crippen molar-refractivity contribution in [3.63, 3.8) is 0 Å². The van der Waals surface area contributed by atoms with Crippen molar-refractivity contribution in [1.82, 2.24) is 30.6 Å². The van der Waals surface area contributed by atoms with Gasteiger partial charge in [-0.3, -0.25) is 15.3 Å². The van der Waals surface area contributed by atoms with E-state index in [1.807, 2.05) is 6.07 Å². The fraction of sp³-hybridized carbons (Fsp3) is 0.100. The van der Waals surface area contributed by atoms with Crippen molar-refractivity contribution in [1.29, 1.82) is 0 Å². The lowest BCUT2D eigenvalue weighted by Gasteiger charge is -2.13. The second-order valence-electron chi connectivity index (χ2n) is 3.92. The van der Waals surface area contributed by atoms with Crippen LogP contribution >= 0.6 is 0 Å². The van der Waals surface area contributed by atoms with E-state index in [2.05, 4.69) is 30.6 Å². The van der Waals surface area contributed by atoms with E-state index in [-0.39, 0.29) is 5.92 Å². The highest BCUT2D eigenvalue weighted by Crippen LogP contribution is 2.34. The van der Waals surface area contributed by atoms with E-state index >= 15 is 0 Å². The van der Waals surface area contributed by atoms with E-state index in [9.17, 15) is 0 Å². The summed E-state index contributed by atoms with van der Waals surface area (Å²) >= 11 is 0. The number of nitrogens with zero attached hydrogens (tertiary/aromatic N) is 3. The molecular weight excluding hydrogens is 232 g/mol. The van der Waals surface area contributed by atoms with E-state index in [1.54, 1.807) is 18.6 Å². The van der Waals surface area contributed by atoms with Gasteiger partial charge in [-0.25, -0.2) is 0 Å². The highest BCUT2D eigenvalue weighted by molar-refractivity contribution is 5.54. The summed E-state index contributed by atoms with van der Waals surface area (Å²) in [5, 5.41) is 20.2. The highest BCUT2D eigenvalue weighted by Gasteiger charge is 2.24. The molecule has 0 aliphatic carbocycles. The van der Waals surface area contributed by atoms with Crippen molar-refractivity contribution in [3.05, 3.63) is 41.5 Å². The Morgan fingerprint density at radius 1 is 0.889 bits per heavy atom. The van der Waals surface area contributed by atoms with Crippen LogP contribution in [0.1, 0.15) is 22.7 Å². The molecule has 0 fully saturated rings. The van der Waals surface area contributed by atoms with Crippen LogP contribution in [0.3, 0.4) is 0 Å². The first-order valence-electron chi connectivity index (χ1n) is 5.34. The van der Waals surface area contributed by atoms with Crippen LogP contribution in [0.15, 0.2) is 24.7 Å². The van der Waals surface area contributed by atoms with Crippen molar-refractivity contribution in [3.8, 4) is 0 Å². The molecule has 0 saturated carbocycles. The summed E-state index contributed by atoms with van der Waals surface area (Å²) in [5.74, 6) is 0.815.